The summed E-state index contributed by atoms with van der Waals surface area (Å²) in [5.74, 6) is -1.06. The van der Waals surface area contributed by atoms with E-state index in [1.807, 2.05) is 6.07 Å². The number of amides is 1. The van der Waals surface area contributed by atoms with Crippen molar-refractivity contribution in [2.24, 2.45) is 0 Å². The van der Waals surface area contributed by atoms with Gasteiger partial charge in [0.25, 0.3) is 5.91 Å². The largest absolute Gasteiger partial charge is 0.320 e. The third-order valence-electron chi connectivity index (χ3n) is 4.76. The van der Waals surface area contributed by atoms with E-state index in [-0.39, 0.29) is 10.8 Å². The Morgan fingerprint density at radius 2 is 1.97 bits per heavy atom. The fourth-order valence-corrected chi connectivity index (χ4v) is 6.13. The normalized spacial score (nSPS) is 17.2. The van der Waals surface area contributed by atoms with Gasteiger partial charge < -0.3 is 5.32 Å². The van der Waals surface area contributed by atoms with Crippen LogP contribution in [0.2, 0.25) is 0 Å². The Balaban J connectivity index is 1.50. The molecule has 3 aromatic rings. The molecule has 4 rings (SSSR count). The summed E-state index contributed by atoms with van der Waals surface area (Å²) in [6.07, 6.45) is 1.33. The third-order valence-corrected chi connectivity index (χ3v) is 7.63. The fourth-order valence-electron chi connectivity index (χ4n) is 3.40. The lowest BCUT2D eigenvalue weighted by molar-refractivity contribution is 0.102. The van der Waals surface area contributed by atoms with Crippen molar-refractivity contribution in [3.8, 4) is 0 Å². The quantitative estimate of drug-likeness (QED) is 0.625. The lowest BCUT2D eigenvalue weighted by Crippen LogP contribution is -2.31. The molecular formula is C20H19FN4O3S2. The molecular weight excluding hydrogens is 427 g/mol. The summed E-state index contributed by atoms with van der Waals surface area (Å²) >= 11 is 1.05. The summed E-state index contributed by atoms with van der Waals surface area (Å²) in [4.78, 5) is 12.4. The van der Waals surface area contributed by atoms with Gasteiger partial charge in [0.1, 0.15) is 10.8 Å². The van der Waals surface area contributed by atoms with Gasteiger partial charge in [-0.25, -0.2) is 12.8 Å². The second kappa shape index (κ2) is 8.58. The highest BCUT2D eigenvalue weighted by Gasteiger charge is 2.37. The molecule has 0 radical (unpaired) electrons. The van der Waals surface area contributed by atoms with Crippen LogP contribution in [0.5, 0.6) is 0 Å². The van der Waals surface area contributed by atoms with Crippen molar-refractivity contribution < 1.29 is 17.6 Å². The van der Waals surface area contributed by atoms with Gasteiger partial charge in [-0.05, 0) is 36.6 Å². The summed E-state index contributed by atoms with van der Waals surface area (Å²) in [7, 11) is -3.54. The van der Waals surface area contributed by atoms with E-state index in [9.17, 15) is 17.6 Å². The topological polar surface area (TPSA) is 92.3 Å². The molecule has 1 aliphatic rings. The highest BCUT2D eigenvalue weighted by atomic mass is 32.2. The van der Waals surface area contributed by atoms with E-state index < -0.39 is 27.8 Å². The molecule has 1 aliphatic heterocycles. The first kappa shape index (κ1) is 20.6. The Morgan fingerprint density at radius 1 is 1.17 bits per heavy atom. The molecule has 10 heteroatoms. The van der Waals surface area contributed by atoms with Gasteiger partial charge in [0.15, 0.2) is 0 Å². The predicted octanol–water partition coefficient (Wildman–Crippen LogP) is 3.60. The molecule has 0 bridgehead atoms. The molecule has 1 saturated heterocycles. The van der Waals surface area contributed by atoms with Crippen LogP contribution in [0.15, 0.2) is 54.6 Å². The molecule has 1 amide bonds. The average Bonchev–Trinajstić information content (AvgIpc) is 3.38. The number of rotatable bonds is 6. The van der Waals surface area contributed by atoms with Crippen LogP contribution in [0.25, 0.3) is 0 Å². The molecule has 0 spiro atoms. The minimum absolute atomic E-state index is 0.0872. The number of anilines is 1. The third kappa shape index (κ3) is 4.55. The molecule has 0 aliphatic carbocycles. The van der Waals surface area contributed by atoms with E-state index >= 15 is 0 Å². The maximum Gasteiger partial charge on any atom is 0.286 e. The number of carbonyl (C=O) groups is 1. The molecule has 1 N–H and O–H groups in total. The van der Waals surface area contributed by atoms with Crippen molar-refractivity contribution >= 4 is 33.0 Å². The molecule has 1 atom stereocenters. The van der Waals surface area contributed by atoms with Crippen molar-refractivity contribution in [2.45, 2.75) is 24.6 Å². The molecule has 0 saturated carbocycles. The lowest BCUT2D eigenvalue weighted by Gasteiger charge is -2.22. The number of nitrogens with zero attached hydrogens (tertiary/aromatic N) is 3. The Kier molecular flexibility index (Phi) is 5.89. The van der Waals surface area contributed by atoms with E-state index in [4.69, 9.17) is 0 Å². The SMILES string of the molecule is O=C(Nc1cccc(F)c1)c1nnc([C@H]2CCCN2S(=O)(=O)Cc2ccccc2)s1. The van der Waals surface area contributed by atoms with Crippen molar-refractivity contribution in [3.05, 3.63) is 76.0 Å². The maximum atomic E-state index is 13.3. The molecule has 0 unspecified atom stereocenters. The number of sulfonamides is 1. The Hall–Kier alpha value is -2.69. The van der Waals surface area contributed by atoms with Crippen LogP contribution in [-0.4, -0.2) is 35.4 Å². The van der Waals surface area contributed by atoms with E-state index in [0.717, 1.165) is 16.9 Å². The number of hydrogen-bond acceptors (Lipinski definition) is 6. The van der Waals surface area contributed by atoms with Gasteiger partial charge in [-0.1, -0.05) is 47.7 Å². The molecule has 30 heavy (non-hydrogen) atoms. The van der Waals surface area contributed by atoms with Crippen molar-refractivity contribution in [2.75, 3.05) is 11.9 Å². The number of aromatic nitrogens is 2. The minimum atomic E-state index is -3.54. The van der Waals surface area contributed by atoms with Crippen LogP contribution in [0.1, 0.15) is 39.3 Å². The van der Waals surface area contributed by atoms with E-state index in [2.05, 4.69) is 15.5 Å². The summed E-state index contributed by atoms with van der Waals surface area (Å²) < 4.78 is 40.7. The van der Waals surface area contributed by atoms with Gasteiger partial charge in [0.05, 0.1) is 11.8 Å². The summed E-state index contributed by atoms with van der Waals surface area (Å²) in [5, 5.41) is 11.2. The molecule has 1 fully saturated rings. The number of carbonyl (C=O) groups excluding carboxylic acids is 1. The molecule has 2 heterocycles. The molecule has 2 aromatic carbocycles. The molecule has 156 valence electrons. The summed E-state index contributed by atoms with van der Waals surface area (Å²) in [5.41, 5.74) is 1.03. The van der Waals surface area contributed by atoms with Gasteiger partial charge in [0, 0.05) is 12.2 Å². The fraction of sp³-hybridized carbons (Fsp3) is 0.250. The van der Waals surface area contributed by atoms with Gasteiger partial charge in [-0.2, -0.15) is 4.31 Å². The predicted molar refractivity (Wildman–Crippen MR) is 112 cm³/mol. The van der Waals surface area contributed by atoms with Gasteiger partial charge >= 0.3 is 0 Å². The van der Waals surface area contributed by atoms with Crippen LogP contribution >= 0.6 is 11.3 Å². The Morgan fingerprint density at radius 3 is 2.73 bits per heavy atom. The van der Waals surface area contributed by atoms with Crippen LogP contribution in [-0.2, 0) is 15.8 Å². The van der Waals surface area contributed by atoms with Gasteiger partial charge in [-0.3, -0.25) is 4.79 Å². The van der Waals surface area contributed by atoms with Crippen molar-refractivity contribution in [3.63, 3.8) is 0 Å². The number of benzene rings is 2. The van der Waals surface area contributed by atoms with Gasteiger partial charge in [-0.15, -0.1) is 10.2 Å². The Bertz CT molecular complexity index is 1150. The average molecular weight is 447 g/mol. The van der Waals surface area contributed by atoms with Crippen LogP contribution < -0.4 is 5.32 Å². The first-order valence-corrected chi connectivity index (χ1v) is 11.8. The number of halogens is 1. The highest BCUT2D eigenvalue weighted by Crippen LogP contribution is 2.36. The Labute approximate surface area is 177 Å². The second-order valence-electron chi connectivity index (χ2n) is 6.92. The number of hydrogen-bond donors (Lipinski definition) is 1. The zero-order chi connectivity index (χ0) is 21.1. The number of nitrogens with one attached hydrogen (secondary N) is 1. The van der Waals surface area contributed by atoms with E-state index in [1.54, 1.807) is 30.3 Å². The smallest absolute Gasteiger partial charge is 0.286 e. The summed E-state index contributed by atoms with van der Waals surface area (Å²) in [6, 6.07) is 14.1. The summed E-state index contributed by atoms with van der Waals surface area (Å²) in [6.45, 7) is 0.407. The monoisotopic (exact) mass is 446 g/mol. The zero-order valence-corrected chi connectivity index (χ0v) is 17.5. The second-order valence-corrected chi connectivity index (χ2v) is 9.85. The van der Waals surface area contributed by atoms with Crippen molar-refractivity contribution in [1.29, 1.82) is 0 Å². The molecule has 7 nitrogen and oxygen atoms in total. The first-order chi connectivity index (χ1) is 14.4. The minimum Gasteiger partial charge on any atom is -0.320 e. The van der Waals surface area contributed by atoms with Crippen LogP contribution in [0, 0.1) is 5.82 Å². The molecule has 1 aromatic heterocycles. The highest BCUT2D eigenvalue weighted by molar-refractivity contribution is 7.88. The standard InChI is InChI=1S/C20H19FN4O3S2/c21-15-8-4-9-16(12-15)22-18(26)20-24-23-19(29-20)17-10-5-11-25(17)30(27,28)13-14-6-2-1-3-7-14/h1-4,6-9,12,17H,5,10-11,13H2,(H,22,26)/t17-/m1/s1. The maximum absolute atomic E-state index is 13.3. The van der Waals surface area contributed by atoms with Crippen LogP contribution in [0.3, 0.4) is 0 Å². The first-order valence-electron chi connectivity index (χ1n) is 9.36. The van der Waals surface area contributed by atoms with Crippen molar-refractivity contribution in [1.82, 2.24) is 14.5 Å². The van der Waals surface area contributed by atoms with E-state index in [0.29, 0.717) is 30.1 Å². The van der Waals surface area contributed by atoms with Crippen LogP contribution in [0.4, 0.5) is 10.1 Å². The van der Waals surface area contributed by atoms with Gasteiger partial charge in [0.2, 0.25) is 15.0 Å². The zero-order valence-electron chi connectivity index (χ0n) is 15.9. The lowest BCUT2D eigenvalue weighted by atomic mass is 10.2. The van der Waals surface area contributed by atoms with E-state index in [1.165, 1.54) is 22.5 Å².